The normalized spacial score (nSPS) is 12.0. The minimum Gasteiger partial charge on any atom is -0.478 e. The number of nitrogens with zero attached hydrogens (tertiary/aromatic N) is 1. The Kier molecular flexibility index (Phi) is 4.15. The van der Waals surface area contributed by atoms with E-state index in [-0.39, 0.29) is 0 Å². The zero-order chi connectivity index (χ0) is 17.9. The summed E-state index contributed by atoms with van der Waals surface area (Å²) in [7, 11) is 0. The molecule has 0 aliphatic carbocycles. The van der Waals surface area contributed by atoms with Gasteiger partial charge in [0.05, 0.1) is 5.69 Å². The van der Waals surface area contributed by atoms with Crippen LogP contribution in [0.3, 0.4) is 0 Å². The number of rotatable bonds is 5. The number of aliphatic carboxylic acids is 1. The maximum absolute atomic E-state index is 12.0. The lowest BCUT2D eigenvalue weighted by molar-refractivity contribution is -0.145. The molecule has 1 unspecified atom stereocenters. The molecule has 26 heavy (non-hydrogen) atoms. The highest BCUT2D eigenvalue weighted by Crippen LogP contribution is 2.31. The molecule has 0 saturated carbocycles. The van der Waals surface area contributed by atoms with Gasteiger partial charge in [0.15, 0.2) is 0 Å². The van der Waals surface area contributed by atoms with E-state index in [2.05, 4.69) is 0 Å². The third-order valence-corrected chi connectivity index (χ3v) is 4.32. The smallest absolute Gasteiger partial charge is 0.349 e. The Morgan fingerprint density at radius 2 is 1.54 bits per heavy atom. The number of carboxylic acid groups (broad SMARTS) is 1. The van der Waals surface area contributed by atoms with Gasteiger partial charge in [0, 0.05) is 18.0 Å². The van der Waals surface area contributed by atoms with E-state index >= 15 is 0 Å². The number of aromatic nitrogens is 1. The van der Waals surface area contributed by atoms with Crippen LogP contribution in [0.15, 0.2) is 91.3 Å². The van der Waals surface area contributed by atoms with Crippen molar-refractivity contribution < 1.29 is 14.6 Å². The minimum atomic E-state index is -1.10. The van der Waals surface area contributed by atoms with E-state index in [0.29, 0.717) is 11.3 Å². The molecule has 0 aliphatic rings. The molecule has 0 saturated heterocycles. The lowest BCUT2D eigenvalue weighted by Crippen LogP contribution is -2.19. The van der Waals surface area contributed by atoms with Gasteiger partial charge in [-0.3, -0.25) is 0 Å². The lowest BCUT2D eigenvalue weighted by atomic mass is 10.0. The molecule has 0 aliphatic heterocycles. The number of benzene rings is 3. The first kappa shape index (κ1) is 16.0. The molecule has 3 aromatic carbocycles. The van der Waals surface area contributed by atoms with E-state index in [4.69, 9.17) is 4.74 Å². The second-order valence-electron chi connectivity index (χ2n) is 5.96. The molecule has 0 amide bonds. The first-order valence-corrected chi connectivity index (χ1v) is 8.33. The van der Waals surface area contributed by atoms with Crippen LogP contribution < -0.4 is 4.74 Å². The molecule has 0 spiro atoms. The number of carbonyl (C=O) groups is 1. The second kappa shape index (κ2) is 6.76. The Morgan fingerprint density at radius 3 is 2.35 bits per heavy atom. The molecule has 4 rings (SSSR count). The summed E-state index contributed by atoms with van der Waals surface area (Å²) < 4.78 is 7.90. The zero-order valence-corrected chi connectivity index (χ0v) is 13.9. The van der Waals surface area contributed by atoms with Crippen molar-refractivity contribution in [3.05, 3.63) is 96.8 Å². The van der Waals surface area contributed by atoms with Crippen LogP contribution in [0.25, 0.3) is 16.5 Å². The van der Waals surface area contributed by atoms with Crippen LogP contribution in [0.2, 0.25) is 0 Å². The lowest BCUT2D eigenvalue weighted by Gasteiger charge is -2.19. The highest BCUT2D eigenvalue weighted by molar-refractivity contribution is 5.90. The topological polar surface area (TPSA) is 51.5 Å². The van der Waals surface area contributed by atoms with Gasteiger partial charge in [-0.15, -0.1) is 0 Å². The number of ether oxygens (including phenoxy) is 1. The minimum absolute atomic E-state index is 0.518. The summed E-state index contributed by atoms with van der Waals surface area (Å²) in [5.74, 6) is -0.507. The molecule has 0 radical (unpaired) electrons. The van der Waals surface area contributed by atoms with Crippen molar-refractivity contribution in [2.75, 3.05) is 0 Å². The summed E-state index contributed by atoms with van der Waals surface area (Å²) in [6, 6.07) is 24.6. The van der Waals surface area contributed by atoms with Gasteiger partial charge in [-0.25, -0.2) is 4.79 Å². The van der Waals surface area contributed by atoms with E-state index in [0.717, 1.165) is 16.5 Å². The van der Waals surface area contributed by atoms with Gasteiger partial charge in [0.25, 0.3) is 0 Å². The molecule has 4 aromatic rings. The van der Waals surface area contributed by atoms with E-state index in [9.17, 15) is 9.90 Å². The number of hydrogen-bond donors (Lipinski definition) is 1. The highest BCUT2D eigenvalue weighted by Gasteiger charge is 2.25. The third-order valence-electron chi connectivity index (χ3n) is 4.32. The Balaban J connectivity index is 1.79. The van der Waals surface area contributed by atoms with Crippen LogP contribution in [0.5, 0.6) is 5.75 Å². The number of fused-ring (bicyclic) bond motifs is 1. The van der Waals surface area contributed by atoms with Crippen molar-refractivity contribution in [2.24, 2.45) is 0 Å². The van der Waals surface area contributed by atoms with Gasteiger partial charge in [0.1, 0.15) is 5.75 Å². The average Bonchev–Trinajstić information content (AvgIpc) is 3.20. The monoisotopic (exact) mass is 343 g/mol. The summed E-state index contributed by atoms with van der Waals surface area (Å²) in [5, 5.41) is 11.7. The van der Waals surface area contributed by atoms with Crippen molar-refractivity contribution >= 4 is 16.7 Å². The molecule has 1 atom stereocenters. The van der Waals surface area contributed by atoms with E-state index in [1.165, 1.54) is 0 Å². The van der Waals surface area contributed by atoms with Crippen LogP contribution in [0, 0.1) is 0 Å². The maximum atomic E-state index is 12.0. The van der Waals surface area contributed by atoms with E-state index in [1.54, 1.807) is 12.1 Å². The first-order chi connectivity index (χ1) is 12.7. The predicted molar refractivity (Wildman–Crippen MR) is 101 cm³/mol. The van der Waals surface area contributed by atoms with Gasteiger partial charge in [-0.2, -0.15) is 0 Å². The summed E-state index contributed by atoms with van der Waals surface area (Å²) in [6.45, 7) is 0. The fourth-order valence-electron chi connectivity index (χ4n) is 3.12. The number of para-hydroxylation sites is 2. The molecule has 0 bridgehead atoms. The maximum Gasteiger partial charge on any atom is 0.349 e. The van der Waals surface area contributed by atoms with Crippen molar-refractivity contribution in [1.29, 1.82) is 0 Å². The quantitative estimate of drug-likeness (QED) is 0.564. The van der Waals surface area contributed by atoms with Gasteiger partial charge in [0.2, 0.25) is 6.10 Å². The van der Waals surface area contributed by atoms with Crippen LogP contribution in [0.4, 0.5) is 0 Å². The molecule has 0 fully saturated rings. The van der Waals surface area contributed by atoms with Gasteiger partial charge in [-0.1, -0.05) is 54.6 Å². The largest absolute Gasteiger partial charge is 0.478 e. The van der Waals surface area contributed by atoms with E-state index in [1.807, 2.05) is 83.7 Å². The molecular weight excluding hydrogens is 326 g/mol. The number of carboxylic acids is 1. The number of hydrogen-bond acceptors (Lipinski definition) is 2. The summed E-state index contributed by atoms with van der Waals surface area (Å²) in [6.07, 6.45) is 2.70. The summed E-state index contributed by atoms with van der Waals surface area (Å²) in [5.41, 5.74) is 1.43. The zero-order valence-electron chi connectivity index (χ0n) is 13.9. The first-order valence-electron chi connectivity index (χ1n) is 8.33. The predicted octanol–water partition coefficient (Wildman–Crippen LogP) is 4.84. The Morgan fingerprint density at radius 1 is 0.846 bits per heavy atom. The van der Waals surface area contributed by atoms with Crippen LogP contribution in [0.1, 0.15) is 11.7 Å². The average molecular weight is 343 g/mol. The van der Waals surface area contributed by atoms with Crippen molar-refractivity contribution in [3.63, 3.8) is 0 Å². The van der Waals surface area contributed by atoms with Crippen LogP contribution in [-0.2, 0) is 4.79 Å². The van der Waals surface area contributed by atoms with Gasteiger partial charge >= 0.3 is 5.97 Å². The SMILES string of the molecule is O=C(O)C(Oc1ccccc1-n1cccc1)c1cccc2ccccc12. The van der Waals surface area contributed by atoms with Gasteiger partial charge in [-0.05, 0) is 35.0 Å². The fraction of sp³-hybridized carbons (Fsp3) is 0.0455. The summed E-state index contributed by atoms with van der Waals surface area (Å²) >= 11 is 0. The fourth-order valence-corrected chi connectivity index (χ4v) is 3.12. The third kappa shape index (κ3) is 2.93. The molecule has 1 N–H and O–H groups in total. The molecular formula is C22H17NO3. The Labute approximate surface area is 150 Å². The molecule has 4 nitrogen and oxygen atoms in total. The van der Waals surface area contributed by atoms with Crippen molar-refractivity contribution in [3.8, 4) is 11.4 Å². The van der Waals surface area contributed by atoms with Crippen molar-refractivity contribution in [1.82, 2.24) is 4.57 Å². The van der Waals surface area contributed by atoms with Crippen LogP contribution in [-0.4, -0.2) is 15.6 Å². The standard InChI is InChI=1S/C22H17NO3/c24-22(25)21(18-11-7-9-16-8-1-2-10-17(16)18)26-20-13-4-3-12-19(20)23-14-5-6-15-23/h1-15,21H,(H,24,25). The molecule has 1 heterocycles. The van der Waals surface area contributed by atoms with Crippen LogP contribution >= 0.6 is 0 Å². The highest BCUT2D eigenvalue weighted by atomic mass is 16.5. The Bertz CT molecular complexity index is 1050. The molecule has 128 valence electrons. The van der Waals surface area contributed by atoms with Crippen molar-refractivity contribution in [2.45, 2.75) is 6.10 Å². The molecule has 4 heteroatoms. The Hall–Kier alpha value is -3.53. The second-order valence-corrected chi connectivity index (χ2v) is 5.96. The summed E-state index contributed by atoms with van der Waals surface area (Å²) in [4.78, 5) is 12.0. The molecule has 1 aromatic heterocycles. The van der Waals surface area contributed by atoms with Gasteiger partial charge < -0.3 is 14.4 Å². The van der Waals surface area contributed by atoms with E-state index < -0.39 is 12.1 Å².